The van der Waals surface area contributed by atoms with Gasteiger partial charge in [0.1, 0.15) is 0 Å². The highest BCUT2D eigenvalue weighted by atomic mass is 16.5. The third kappa shape index (κ3) is 4.61. The zero-order valence-electron chi connectivity index (χ0n) is 15.0. The number of morpholine rings is 1. The highest BCUT2D eigenvalue weighted by molar-refractivity contribution is 5.74. The lowest BCUT2D eigenvalue weighted by Gasteiger charge is -2.48. The number of ether oxygens (including phenoxy) is 2. The average Bonchev–Trinajstić information content (AvgIpc) is 2.62. The molecule has 3 fully saturated rings. The van der Waals surface area contributed by atoms with Gasteiger partial charge in [0.15, 0.2) is 0 Å². The lowest BCUT2D eigenvalue weighted by atomic mass is 9.80. The summed E-state index contributed by atoms with van der Waals surface area (Å²) in [6, 6.07) is 0.215. The van der Waals surface area contributed by atoms with Crippen molar-refractivity contribution in [3.8, 4) is 0 Å². The zero-order chi connectivity index (χ0) is 16.8. The summed E-state index contributed by atoms with van der Waals surface area (Å²) in [4.78, 5) is 14.9. The van der Waals surface area contributed by atoms with Crippen molar-refractivity contribution in [1.29, 1.82) is 0 Å². The molecule has 3 rings (SSSR count). The average molecular weight is 339 g/mol. The Hall–Kier alpha value is -0.850. The van der Waals surface area contributed by atoms with Gasteiger partial charge in [-0.15, -0.1) is 0 Å². The molecule has 1 aliphatic carbocycles. The Morgan fingerprint density at radius 1 is 1.17 bits per heavy atom. The van der Waals surface area contributed by atoms with Crippen molar-refractivity contribution in [1.82, 2.24) is 15.5 Å². The van der Waals surface area contributed by atoms with Crippen LogP contribution < -0.4 is 10.6 Å². The summed E-state index contributed by atoms with van der Waals surface area (Å²) < 4.78 is 11.1. The Bertz CT molecular complexity index is 406. The van der Waals surface area contributed by atoms with Gasteiger partial charge in [0.25, 0.3) is 0 Å². The second kappa shape index (κ2) is 8.50. The molecule has 2 heterocycles. The lowest BCUT2D eigenvalue weighted by molar-refractivity contribution is -0.0358. The molecule has 0 spiro atoms. The van der Waals surface area contributed by atoms with Crippen molar-refractivity contribution in [2.75, 3.05) is 39.5 Å². The van der Waals surface area contributed by atoms with Crippen LogP contribution >= 0.6 is 0 Å². The van der Waals surface area contributed by atoms with Gasteiger partial charge in [-0.2, -0.15) is 0 Å². The van der Waals surface area contributed by atoms with Crippen LogP contribution in [0.3, 0.4) is 0 Å². The number of carbonyl (C=O) groups is 1. The Morgan fingerprint density at radius 3 is 2.62 bits per heavy atom. The van der Waals surface area contributed by atoms with E-state index in [4.69, 9.17) is 9.47 Å². The van der Waals surface area contributed by atoms with Crippen LogP contribution in [0.25, 0.3) is 0 Å². The molecule has 1 saturated carbocycles. The van der Waals surface area contributed by atoms with Crippen LogP contribution in [0.15, 0.2) is 0 Å². The molecule has 0 aromatic heterocycles. The smallest absolute Gasteiger partial charge is 0.315 e. The SMILES string of the molecule is C[C@H]1C[C@@H](NC(=O)NCC2(N3CCOCC3)CCCCC2)CCO1. The van der Waals surface area contributed by atoms with E-state index in [1.165, 1.54) is 32.1 Å². The summed E-state index contributed by atoms with van der Waals surface area (Å²) >= 11 is 0. The molecule has 2 N–H and O–H groups in total. The normalized spacial score (nSPS) is 31.4. The van der Waals surface area contributed by atoms with E-state index in [1.807, 2.05) is 0 Å². The first kappa shape index (κ1) is 18.0. The molecule has 6 heteroatoms. The second-order valence-electron chi connectivity index (χ2n) is 7.61. The largest absolute Gasteiger partial charge is 0.379 e. The molecule has 0 bridgehead atoms. The van der Waals surface area contributed by atoms with Crippen LogP contribution in [0.4, 0.5) is 4.79 Å². The Balaban J connectivity index is 1.52. The number of nitrogens with one attached hydrogen (secondary N) is 2. The van der Waals surface area contributed by atoms with Crippen molar-refractivity contribution in [2.24, 2.45) is 0 Å². The first-order chi connectivity index (χ1) is 11.7. The number of nitrogens with zero attached hydrogens (tertiary/aromatic N) is 1. The summed E-state index contributed by atoms with van der Waals surface area (Å²) in [6.45, 7) is 7.16. The van der Waals surface area contributed by atoms with Gasteiger partial charge in [0.2, 0.25) is 0 Å². The molecule has 0 radical (unpaired) electrons. The van der Waals surface area contributed by atoms with Gasteiger partial charge >= 0.3 is 6.03 Å². The minimum atomic E-state index is -0.0210. The molecular formula is C18H33N3O3. The summed E-state index contributed by atoms with van der Waals surface area (Å²) in [6.07, 6.45) is 8.26. The fourth-order valence-corrected chi connectivity index (χ4v) is 4.46. The predicted molar refractivity (Wildman–Crippen MR) is 93.2 cm³/mol. The topological polar surface area (TPSA) is 62.8 Å². The van der Waals surface area contributed by atoms with Gasteiger partial charge in [-0.3, -0.25) is 4.90 Å². The number of hydrogen-bond acceptors (Lipinski definition) is 4. The van der Waals surface area contributed by atoms with E-state index in [9.17, 15) is 4.79 Å². The standard InChI is InChI=1S/C18H33N3O3/c1-15-13-16(5-10-24-15)20-17(22)19-14-18(6-3-2-4-7-18)21-8-11-23-12-9-21/h15-16H,2-14H2,1H3,(H2,19,20,22)/t15-,16-/m0/s1. The Labute approximate surface area is 145 Å². The Morgan fingerprint density at radius 2 is 1.92 bits per heavy atom. The molecule has 2 atom stereocenters. The third-order valence-corrected chi connectivity index (χ3v) is 5.86. The van der Waals surface area contributed by atoms with E-state index < -0.39 is 0 Å². The molecule has 0 unspecified atom stereocenters. The fourth-order valence-electron chi connectivity index (χ4n) is 4.46. The van der Waals surface area contributed by atoms with E-state index in [0.29, 0.717) is 0 Å². The lowest BCUT2D eigenvalue weighted by Crippen LogP contribution is -2.60. The molecule has 0 aromatic rings. The molecule has 6 nitrogen and oxygen atoms in total. The van der Waals surface area contributed by atoms with Gasteiger partial charge in [0, 0.05) is 37.8 Å². The summed E-state index contributed by atoms with van der Waals surface area (Å²) in [5.41, 5.74) is 0.127. The maximum atomic E-state index is 12.4. The van der Waals surface area contributed by atoms with Gasteiger partial charge in [0.05, 0.1) is 19.3 Å². The first-order valence-corrected chi connectivity index (χ1v) is 9.67. The first-order valence-electron chi connectivity index (χ1n) is 9.67. The van der Waals surface area contributed by atoms with Crippen molar-refractivity contribution in [3.63, 3.8) is 0 Å². The molecular weight excluding hydrogens is 306 g/mol. The van der Waals surface area contributed by atoms with Crippen LogP contribution in [0, 0.1) is 0 Å². The predicted octanol–water partition coefficient (Wildman–Crippen LogP) is 1.89. The molecule has 2 saturated heterocycles. The molecule has 2 amide bonds. The summed E-state index contributed by atoms with van der Waals surface area (Å²) in [5.74, 6) is 0. The summed E-state index contributed by atoms with van der Waals surface area (Å²) in [5, 5.41) is 6.32. The quantitative estimate of drug-likeness (QED) is 0.821. The third-order valence-electron chi connectivity index (χ3n) is 5.86. The van der Waals surface area contributed by atoms with E-state index in [2.05, 4.69) is 22.5 Å². The highest BCUT2D eigenvalue weighted by Gasteiger charge is 2.38. The van der Waals surface area contributed by atoms with Crippen molar-refractivity contribution < 1.29 is 14.3 Å². The van der Waals surface area contributed by atoms with Crippen LogP contribution in [0.5, 0.6) is 0 Å². The number of carbonyl (C=O) groups excluding carboxylic acids is 1. The van der Waals surface area contributed by atoms with E-state index >= 15 is 0 Å². The van der Waals surface area contributed by atoms with Gasteiger partial charge in [-0.05, 0) is 32.6 Å². The van der Waals surface area contributed by atoms with Gasteiger partial charge in [-0.1, -0.05) is 19.3 Å². The van der Waals surface area contributed by atoms with E-state index in [-0.39, 0.29) is 23.7 Å². The number of urea groups is 1. The minimum Gasteiger partial charge on any atom is -0.379 e. The van der Waals surface area contributed by atoms with Gasteiger partial charge in [-0.25, -0.2) is 4.79 Å². The van der Waals surface area contributed by atoms with Crippen molar-refractivity contribution >= 4 is 6.03 Å². The second-order valence-corrected chi connectivity index (χ2v) is 7.61. The molecule has 2 aliphatic heterocycles. The van der Waals surface area contributed by atoms with E-state index in [0.717, 1.165) is 52.3 Å². The van der Waals surface area contributed by atoms with Crippen LogP contribution in [-0.4, -0.2) is 68.1 Å². The van der Waals surface area contributed by atoms with Crippen LogP contribution in [0.1, 0.15) is 51.9 Å². The van der Waals surface area contributed by atoms with E-state index in [1.54, 1.807) is 0 Å². The minimum absolute atomic E-state index is 0.0210. The Kier molecular flexibility index (Phi) is 6.36. The number of hydrogen-bond donors (Lipinski definition) is 2. The van der Waals surface area contributed by atoms with Crippen molar-refractivity contribution in [2.45, 2.75) is 69.6 Å². The maximum absolute atomic E-state index is 12.4. The molecule has 0 aromatic carbocycles. The zero-order valence-corrected chi connectivity index (χ0v) is 15.0. The maximum Gasteiger partial charge on any atom is 0.315 e. The monoisotopic (exact) mass is 339 g/mol. The van der Waals surface area contributed by atoms with Crippen LogP contribution in [0.2, 0.25) is 0 Å². The number of amides is 2. The molecule has 138 valence electrons. The van der Waals surface area contributed by atoms with Gasteiger partial charge < -0.3 is 20.1 Å². The van der Waals surface area contributed by atoms with Crippen LogP contribution in [-0.2, 0) is 9.47 Å². The molecule has 3 aliphatic rings. The molecule has 24 heavy (non-hydrogen) atoms. The number of rotatable bonds is 4. The highest BCUT2D eigenvalue weighted by Crippen LogP contribution is 2.33. The fraction of sp³-hybridized carbons (Fsp3) is 0.944. The summed E-state index contributed by atoms with van der Waals surface area (Å²) in [7, 11) is 0. The van der Waals surface area contributed by atoms with Crippen molar-refractivity contribution in [3.05, 3.63) is 0 Å².